The third-order valence-corrected chi connectivity index (χ3v) is 1.82. The first-order chi connectivity index (χ1) is 7.74. The quantitative estimate of drug-likeness (QED) is 0.602. The van der Waals surface area contributed by atoms with Crippen LogP contribution in [0.2, 0.25) is 0 Å². The van der Waals surface area contributed by atoms with Gasteiger partial charge in [0.2, 0.25) is 0 Å². The van der Waals surface area contributed by atoms with Gasteiger partial charge in [-0.05, 0) is 18.6 Å². The number of rotatable bonds is 4. The lowest BCUT2D eigenvalue weighted by molar-refractivity contribution is -0.144. The molecule has 0 fully saturated rings. The van der Waals surface area contributed by atoms with Gasteiger partial charge in [0.1, 0.15) is 4.64 Å². The summed E-state index contributed by atoms with van der Waals surface area (Å²) < 4.78 is 13.3. The fourth-order valence-electron chi connectivity index (χ4n) is 0.855. The smallest absolute Gasteiger partial charge is 0.333 e. The summed E-state index contributed by atoms with van der Waals surface area (Å²) in [5, 5.41) is 0. The van der Waals surface area contributed by atoms with Crippen molar-refractivity contribution in [3.63, 3.8) is 0 Å². The van der Waals surface area contributed by atoms with Crippen LogP contribution in [-0.2, 0) is 4.79 Å². The molecule has 1 heterocycles. The predicted octanol–water partition coefficient (Wildman–Crippen LogP) is 2.72. The number of carbonyl (C=O) groups is 1. The highest BCUT2D eigenvalue weighted by molar-refractivity contribution is 7.71. The Morgan fingerprint density at radius 2 is 2.19 bits per heavy atom. The van der Waals surface area contributed by atoms with E-state index in [1.165, 1.54) is 10.9 Å². The molecule has 0 aliphatic carbocycles. The summed E-state index contributed by atoms with van der Waals surface area (Å²) >= 11 is 4.89. The molecule has 0 atom stereocenters. The molecule has 1 aromatic rings. The SMILES string of the molecule is C=C.O=C(CCCF)On1ccccc1=S. The minimum atomic E-state index is -0.519. The zero-order valence-corrected chi connectivity index (χ0v) is 9.71. The van der Waals surface area contributed by atoms with Crippen LogP contribution >= 0.6 is 12.2 Å². The van der Waals surface area contributed by atoms with Crippen LogP contribution in [0, 0.1) is 4.64 Å². The molecular formula is C11H14FNO2S. The topological polar surface area (TPSA) is 31.2 Å². The molecule has 0 aliphatic heterocycles. The summed E-state index contributed by atoms with van der Waals surface area (Å²) in [5.41, 5.74) is 0. The zero-order chi connectivity index (χ0) is 12.4. The first-order valence-corrected chi connectivity index (χ1v) is 5.09. The number of alkyl halides is 1. The normalized spacial score (nSPS) is 8.81. The van der Waals surface area contributed by atoms with Crippen molar-refractivity contribution in [1.29, 1.82) is 0 Å². The van der Waals surface area contributed by atoms with Crippen molar-refractivity contribution in [3.8, 4) is 0 Å². The molecule has 0 amide bonds. The van der Waals surface area contributed by atoms with Crippen LogP contribution in [-0.4, -0.2) is 17.4 Å². The first-order valence-electron chi connectivity index (χ1n) is 4.69. The highest BCUT2D eigenvalue weighted by atomic mass is 32.1. The first kappa shape index (κ1) is 14.5. The average Bonchev–Trinajstić information content (AvgIpc) is 2.32. The lowest BCUT2D eigenvalue weighted by Crippen LogP contribution is -2.19. The number of halogens is 1. The van der Waals surface area contributed by atoms with Crippen molar-refractivity contribution in [1.82, 2.24) is 4.73 Å². The minimum Gasteiger partial charge on any atom is -0.336 e. The summed E-state index contributed by atoms with van der Waals surface area (Å²) in [7, 11) is 0. The lowest BCUT2D eigenvalue weighted by atomic mass is 10.3. The van der Waals surface area contributed by atoms with Gasteiger partial charge in [-0.2, -0.15) is 4.73 Å². The number of hydrogen-bond acceptors (Lipinski definition) is 3. The maximum Gasteiger partial charge on any atom is 0.333 e. The number of hydrogen-bond donors (Lipinski definition) is 0. The Bertz CT molecular complexity index is 378. The van der Waals surface area contributed by atoms with E-state index in [2.05, 4.69) is 13.2 Å². The van der Waals surface area contributed by atoms with Crippen molar-refractivity contribution in [3.05, 3.63) is 42.2 Å². The third-order valence-electron chi connectivity index (χ3n) is 1.50. The monoisotopic (exact) mass is 243 g/mol. The maximum absolute atomic E-state index is 11.7. The van der Waals surface area contributed by atoms with Gasteiger partial charge in [-0.1, -0.05) is 18.3 Å². The Labute approximate surface area is 99.1 Å². The molecule has 0 aromatic carbocycles. The predicted molar refractivity (Wildman–Crippen MR) is 63.3 cm³/mol. The van der Waals surface area contributed by atoms with Gasteiger partial charge >= 0.3 is 5.97 Å². The molecule has 0 unspecified atom stereocenters. The molecule has 3 nitrogen and oxygen atoms in total. The zero-order valence-electron chi connectivity index (χ0n) is 8.89. The third kappa shape index (κ3) is 5.41. The van der Waals surface area contributed by atoms with Crippen molar-refractivity contribution >= 4 is 18.2 Å². The van der Waals surface area contributed by atoms with E-state index >= 15 is 0 Å². The van der Waals surface area contributed by atoms with Crippen molar-refractivity contribution in [2.45, 2.75) is 12.8 Å². The van der Waals surface area contributed by atoms with Crippen molar-refractivity contribution in [2.24, 2.45) is 0 Å². The fourth-order valence-corrected chi connectivity index (χ4v) is 1.03. The van der Waals surface area contributed by atoms with Gasteiger partial charge in [-0.25, -0.2) is 4.79 Å². The molecule has 0 radical (unpaired) electrons. The Balaban J connectivity index is 0.00000106. The molecule has 0 bridgehead atoms. The second-order valence-corrected chi connectivity index (χ2v) is 3.04. The molecule has 0 aliphatic rings. The standard InChI is InChI=1S/C9H10FNO2S.C2H4/c10-6-3-5-9(12)13-11-7-2-1-4-8(11)14;1-2/h1-2,4,7H,3,5-6H2;1-2H2. The molecule has 1 aromatic heterocycles. The van der Waals surface area contributed by atoms with Gasteiger partial charge in [0, 0.05) is 6.20 Å². The molecule has 0 N–H and O–H groups in total. The van der Waals surface area contributed by atoms with E-state index in [-0.39, 0.29) is 12.8 Å². The summed E-state index contributed by atoms with van der Waals surface area (Å²) in [5.74, 6) is -0.482. The second kappa shape index (κ2) is 8.79. The van der Waals surface area contributed by atoms with Crippen LogP contribution in [0.15, 0.2) is 37.6 Å². The molecule has 0 spiro atoms. The molecular weight excluding hydrogens is 229 g/mol. The van der Waals surface area contributed by atoms with Gasteiger partial charge in [0.25, 0.3) is 0 Å². The highest BCUT2D eigenvalue weighted by Crippen LogP contribution is 1.94. The number of aromatic nitrogens is 1. The molecule has 0 saturated carbocycles. The van der Waals surface area contributed by atoms with E-state index in [0.29, 0.717) is 4.64 Å². The molecule has 5 heteroatoms. The average molecular weight is 243 g/mol. The van der Waals surface area contributed by atoms with Crippen LogP contribution in [0.25, 0.3) is 0 Å². The Hall–Kier alpha value is -1.49. The van der Waals surface area contributed by atoms with E-state index in [4.69, 9.17) is 17.1 Å². The Morgan fingerprint density at radius 3 is 2.75 bits per heavy atom. The van der Waals surface area contributed by atoms with Gasteiger partial charge < -0.3 is 4.84 Å². The van der Waals surface area contributed by atoms with E-state index < -0.39 is 12.6 Å². The van der Waals surface area contributed by atoms with Gasteiger partial charge in [0.05, 0.1) is 13.1 Å². The van der Waals surface area contributed by atoms with E-state index in [9.17, 15) is 9.18 Å². The number of nitrogens with zero attached hydrogens (tertiary/aromatic N) is 1. The maximum atomic E-state index is 11.7. The molecule has 88 valence electrons. The fraction of sp³-hybridized carbons (Fsp3) is 0.273. The largest absolute Gasteiger partial charge is 0.336 e. The molecule has 0 saturated heterocycles. The van der Waals surface area contributed by atoms with Crippen LogP contribution in [0.1, 0.15) is 12.8 Å². The van der Waals surface area contributed by atoms with E-state index in [0.717, 1.165) is 0 Å². The van der Waals surface area contributed by atoms with Gasteiger partial charge in [0.15, 0.2) is 0 Å². The summed E-state index contributed by atoms with van der Waals surface area (Å²) in [6.45, 7) is 5.48. The van der Waals surface area contributed by atoms with Gasteiger partial charge in [-0.3, -0.25) is 4.39 Å². The minimum absolute atomic E-state index is 0.0627. The summed E-state index contributed by atoms with van der Waals surface area (Å²) in [6, 6.07) is 5.07. The Morgan fingerprint density at radius 1 is 1.50 bits per heavy atom. The van der Waals surface area contributed by atoms with Crippen LogP contribution in [0.3, 0.4) is 0 Å². The molecule has 16 heavy (non-hydrogen) atoms. The Kier molecular flexibility index (Phi) is 7.97. The van der Waals surface area contributed by atoms with Crippen molar-refractivity contribution in [2.75, 3.05) is 6.67 Å². The second-order valence-electron chi connectivity index (χ2n) is 2.62. The lowest BCUT2D eigenvalue weighted by Gasteiger charge is -2.05. The number of carbonyl (C=O) groups excluding carboxylic acids is 1. The van der Waals surface area contributed by atoms with Crippen molar-refractivity contribution < 1.29 is 14.0 Å². The van der Waals surface area contributed by atoms with E-state index in [1.54, 1.807) is 18.2 Å². The van der Waals surface area contributed by atoms with E-state index in [1.807, 2.05) is 0 Å². The molecule has 1 rings (SSSR count). The highest BCUT2D eigenvalue weighted by Gasteiger charge is 2.03. The summed E-state index contributed by atoms with van der Waals surface area (Å²) in [6.07, 6.45) is 1.78. The van der Waals surface area contributed by atoms with Crippen LogP contribution in [0.4, 0.5) is 4.39 Å². The summed E-state index contributed by atoms with van der Waals surface area (Å²) in [4.78, 5) is 15.9. The number of pyridine rings is 1. The van der Waals surface area contributed by atoms with Crippen LogP contribution < -0.4 is 4.84 Å². The van der Waals surface area contributed by atoms with Gasteiger partial charge in [-0.15, -0.1) is 13.2 Å². The van der Waals surface area contributed by atoms with Crippen LogP contribution in [0.5, 0.6) is 0 Å².